The van der Waals surface area contributed by atoms with Crippen molar-refractivity contribution >= 4 is 28.6 Å². The van der Waals surface area contributed by atoms with Gasteiger partial charge < -0.3 is 10.6 Å². The Labute approximate surface area is 140 Å². The fraction of sp³-hybridized carbons (Fsp3) is 0.500. The predicted molar refractivity (Wildman–Crippen MR) is 97.2 cm³/mol. The molecule has 0 fully saturated rings. The first kappa shape index (κ1) is 17.0. The van der Waals surface area contributed by atoms with Crippen molar-refractivity contribution in [2.45, 2.75) is 39.7 Å². The first-order valence-corrected chi connectivity index (χ1v) is 9.28. The van der Waals surface area contributed by atoms with Gasteiger partial charge in [-0.3, -0.25) is 4.99 Å². The number of hydrogen-bond acceptors (Lipinski definition) is 4. The van der Waals surface area contributed by atoms with Crippen molar-refractivity contribution in [3.05, 3.63) is 38.0 Å². The SMILES string of the molecule is CN=C(NCCc1csc(C(C)C)n1)NCc1sccc1C. The fourth-order valence-electron chi connectivity index (χ4n) is 1.98. The number of thiazole rings is 1. The van der Waals surface area contributed by atoms with Gasteiger partial charge in [-0.25, -0.2) is 4.98 Å². The molecule has 0 aromatic carbocycles. The van der Waals surface area contributed by atoms with E-state index in [1.54, 1.807) is 29.7 Å². The summed E-state index contributed by atoms with van der Waals surface area (Å²) in [7, 11) is 1.80. The molecular formula is C16H24N4S2. The monoisotopic (exact) mass is 336 g/mol. The topological polar surface area (TPSA) is 49.3 Å². The molecule has 0 aliphatic carbocycles. The van der Waals surface area contributed by atoms with Crippen LogP contribution in [0.4, 0.5) is 0 Å². The van der Waals surface area contributed by atoms with Crippen LogP contribution in [-0.2, 0) is 13.0 Å². The lowest BCUT2D eigenvalue weighted by atomic mass is 10.2. The van der Waals surface area contributed by atoms with Gasteiger partial charge in [-0.1, -0.05) is 13.8 Å². The fourth-order valence-corrected chi connectivity index (χ4v) is 3.70. The minimum Gasteiger partial charge on any atom is -0.356 e. The van der Waals surface area contributed by atoms with Crippen LogP contribution in [0.2, 0.25) is 0 Å². The first-order chi connectivity index (χ1) is 10.6. The van der Waals surface area contributed by atoms with Crippen LogP contribution in [0.15, 0.2) is 21.8 Å². The Kier molecular flexibility index (Phi) is 6.39. The van der Waals surface area contributed by atoms with Gasteiger partial charge in [0.2, 0.25) is 0 Å². The molecule has 0 unspecified atom stereocenters. The summed E-state index contributed by atoms with van der Waals surface area (Å²) in [6, 6.07) is 2.15. The molecular weight excluding hydrogens is 312 g/mol. The molecule has 2 rings (SSSR count). The molecule has 0 spiro atoms. The molecule has 0 radical (unpaired) electrons. The zero-order valence-corrected chi connectivity index (χ0v) is 15.3. The van der Waals surface area contributed by atoms with E-state index in [2.05, 4.69) is 58.2 Å². The predicted octanol–water partition coefficient (Wildman–Crippen LogP) is 3.54. The van der Waals surface area contributed by atoms with Gasteiger partial charge in [0.25, 0.3) is 0 Å². The number of guanidine groups is 1. The molecule has 0 saturated heterocycles. The molecule has 0 aliphatic rings. The molecule has 6 heteroatoms. The third kappa shape index (κ3) is 4.81. The van der Waals surface area contributed by atoms with E-state index in [9.17, 15) is 0 Å². The Balaban J connectivity index is 1.75. The minimum absolute atomic E-state index is 0.509. The van der Waals surface area contributed by atoms with E-state index in [0.717, 1.165) is 31.2 Å². The molecule has 2 aromatic heterocycles. The van der Waals surface area contributed by atoms with Crippen molar-refractivity contribution in [3.63, 3.8) is 0 Å². The lowest BCUT2D eigenvalue weighted by Crippen LogP contribution is -2.37. The molecule has 0 atom stereocenters. The summed E-state index contributed by atoms with van der Waals surface area (Å²) >= 11 is 3.52. The average molecular weight is 337 g/mol. The zero-order valence-electron chi connectivity index (χ0n) is 13.6. The molecule has 120 valence electrons. The maximum atomic E-state index is 4.65. The quantitative estimate of drug-likeness (QED) is 0.626. The number of aliphatic imine (C=N–C) groups is 1. The smallest absolute Gasteiger partial charge is 0.191 e. The highest BCUT2D eigenvalue weighted by molar-refractivity contribution is 7.10. The number of nitrogens with one attached hydrogen (secondary N) is 2. The van der Waals surface area contributed by atoms with Crippen LogP contribution in [0.1, 0.15) is 40.9 Å². The van der Waals surface area contributed by atoms with Crippen LogP contribution in [0.25, 0.3) is 0 Å². The number of aryl methyl sites for hydroxylation is 1. The molecule has 0 amide bonds. The summed E-state index contributed by atoms with van der Waals surface area (Å²) < 4.78 is 0. The number of hydrogen-bond donors (Lipinski definition) is 2. The van der Waals surface area contributed by atoms with Crippen LogP contribution in [0.3, 0.4) is 0 Å². The van der Waals surface area contributed by atoms with Crippen molar-refractivity contribution in [2.24, 2.45) is 4.99 Å². The summed E-state index contributed by atoms with van der Waals surface area (Å²) in [6.07, 6.45) is 0.919. The summed E-state index contributed by atoms with van der Waals surface area (Å²) in [4.78, 5) is 10.3. The van der Waals surface area contributed by atoms with Gasteiger partial charge in [-0.2, -0.15) is 0 Å². The zero-order chi connectivity index (χ0) is 15.9. The van der Waals surface area contributed by atoms with Gasteiger partial charge in [-0.05, 0) is 23.9 Å². The van der Waals surface area contributed by atoms with Crippen molar-refractivity contribution in [1.29, 1.82) is 0 Å². The van der Waals surface area contributed by atoms with Crippen LogP contribution in [0, 0.1) is 6.92 Å². The normalized spacial score (nSPS) is 12.0. The molecule has 4 nitrogen and oxygen atoms in total. The van der Waals surface area contributed by atoms with E-state index in [-0.39, 0.29) is 0 Å². The number of thiophene rings is 1. The third-order valence-corrected chi connectivity index (χ3v) is 5.56. The van der Waals surface area contributed by atoms with Crippen molar-refractivity contribution in [2.75, 3.05) is 13.6 Å². The second kappa shape index (κ2) is 8.29. The molecule has 2 N–H and O–H groups in total. The second-order valence-corrected chi connectivity index (χ2v) is 7.35. The average Bonchev–Trinajstić information content (AvgIpc) is 3.12. The van der Waals surface area contributed by atoms with E-state index >= 15 is 0 Å². The lowest BCUT2D eigenvalue weighted by Gasteiger charge is -2.11. The molecule has 0 aliphatic heterocycles. The summed E-state index contributed by atoms with van der Waals surface area (Å²) in [5.41, 5.74) is 2.49. The van der Waals surface area contributed by atoms with Gasteiger partial charge in [0.15, 0.2) is 5.96 Å². The van der Waals surface area contributed by atoms with Crippen molar-refractivity contribution in [3.8, 4) is 0 Å². The molecule has 2 aromatic rings. The summed E-state index contributed by atoms with van der Waals surface area (Å²) in [6.45, 7) is 8.15. The van der Waals surface area contributed by atoms with Crippen LogP contribution < -0.4 is 10.6 Å². The maximum absolute atomic E-state index is 4.65. The largest absolute Gasteiger partial charge is 0.356 e. The van der Waals surface area contributed by atoms with Crippen molar-refractivity contribution < 1.29 is 0 Å². The third-order valence-electron chi connectivity index (χ3n) is 3.35. The Hall–Kier alpha value is -1.40. The second-order valence-electron chi connectivity index (χ2n) is 5.46. The van der Waals surface area contributed by atoms with E-state index in [0.29, 0.717) is 5.92 Å². The first-order valence-electron chi connectivity index (χ1n) is 7.52. The van der Waals surface area contributed by atoms with E-state index in [4.69, 9.17) is 0 Å². The van der Waals surface area contributed by atoms with Crippen LogP contribution in [-0.4, -0.2) is 24.5 Å². The number of aromatic nitrogens is 1. The highest BCUT2D eigenvalue weighted by Crippen LogP contribution is 2.19. The Bertz CT molecular complexity index is 613. The number of nitrogens with zero attached hydrogens (tertiary/aromatic N) is 2. The standard InChI is InChI=1S/C16H24N4S2/c1-11(2)15-20-13(10-22-15)5-7-18-16(17-4)19-9-14-12(3)6-8-21-14/h6,8,10-11H,5,7,9H2,1-4H3,(H2,17,18,19). The van der Waals surface area contributed by atoms with Gasteiger partial charge >= 0.3 is 0 Å². The van der Waals surface area contributed by atoms with E-state index in [1.807, 2.05) is 0 Å². The highest BCUT2D eigenvalue weighted by Gasteiger charge is 2.06. The van der Waals surface area contributed by atoms with Gasteiger partial charge in [0, 0.05) is 36.2 Å². The molecule has 2 heterocycles. The summed E-state index contributed by atoms with van der Waals surface area (Å²) in [5.74, 6) is 1.35. The van der Waals surface area contributed by atoms with Crippen molar-refractivity contribution in [1.82, 2.24) is 15.6 Å². The highest BCUT2D eigenvalue weighted by atomic mass is 32.1. The maximum Gasteiger partial charge on any atom is 0.191 e. The van der Waals surface area contributed by atoms with E-state index < -0.39 is 0 Å². The van der Waals surface area contributed by atoms with Gasteiger partial charge in [0.1, 0.15) is 0 Å². The van der Waals surface area contributed by atoms with Crippen LogP contribution >= 0.6 is 22.7 Å². The lowest BCUT2D eigenvalue weighted by molar-refractivity contribution is 0.779. The Morgan fingerprint density at radius 3 is 2.73 bits per heavy atom. The Morgan fingerprint density at radius 2 is 2.14 bits per heavy atom. The molecule has 0 bridgehead atoms. The van der Waals surface area contributed by atoms with E-state index in [1.165, 1.54) is 15.4 Å². The summed E-state index contributed by atoms with van der Waals surface area (Å²) in [5, 5.41) is 12.2. The van der Waals surface area contributed by atoms with Gasteiger partial charge in [-0.15, -0.1) is 22.7 Å². The number of rotatable bonds is 6. The minimum atomic E-state index is 0.509. The molecule has 0 saturated carbocycles. The van der Waals surface area contributed by atoms with Gasteiger partial charge in [0.05, 0.1) is 17.2 Å². The Morgan fingerprint density at radius 1 is 1.32 bits per heavy atom. The molecule has 22 heavy (non-hydrogen) atoms. The van der Waals surface area contributed by atoms with Crippen LogP contribution in [0.5, 0.6) is 0 Å².